The van der Waals surface area contributed by atoms with Crippen molar-refractivity contribution in [3.8, 4) is 11.3 Å². The molecule has 0 radical (unpaired) electrons. The predicted octanol–water partition coefficient (Wildman–Crippen LogP) is 2.88. The van der Waals surface area contributed by atoms with Crippen molar-refractivity contribution in [2.75, 3.05) is 12.4 Å². The van der Waals surface area contributed by atoms with E-state index in [-0.39, 0.29) is 0 Å². The van der Waals surface area contributed by atoms with Gasteiger partial charge < -0.3 is 10.3 Å². The number of halogens is 1. The van der Waals surface area contributed by atoms with E-state index in [0.29, 0.717) is 0 Å². The summed E-state index contributed by atoms with van der Waals surface area (Å²) in [4.78, 5) is 7.33. The van der Waals surface area contributed by atoms with Crippen molar-refractivity contribution in [2.24, 2.45) is 0 Å². The smallest absolute Gasteiger partial charge is 0.200 e. The van der Waals surface area contributed by atoms with Crippen molar-refractivity contribution in [3.63, 3.8) is 0 Å². The van der Waals surface area contributed by atoms with Gasteiger partial charge in [-0.1, -0.05) is 34.1 Å². The van der Waals surface area contributed by atoms with Gasteiger partial charge in [-0.2, -0.15) is 0 Å². The molecule has 0 unspecified atom stereocenters. The summed E-state index contributed by atoms with van der Waals surface area (Å²) in [5, 5.41) is 2.95. The maximum Gasteiger partial charge on any atom is 0.200 e. The van der Waals surface area contributed by atoms with Crippen molar-refractivity contribution >= 4 is 21.9 Å². The summed E-state index contributed by atoms with van der Waals surface area (Å²) in [6.45, 7) is 0. The van der Waals surface area contributed by atoms with Crippen LogP contribution in [0.3, 0.4) is 0 Å². The monoisotopic (exact) mass is 251 g/mol. The Bertz CT molecular complexity index is 436. The molecule has 72 valence electrons. The fourth-order valence-corrected chi connectivity index (χ4v) is 1.76. The molecule has 14 heavy (non-hydrogen) atoms. The van der Waals surface area contributed by atoms with Crippen LogP contribution in [0.1, 0.15) is 0 Å². The van der Waals surface area contributed by atoms with E-state index in [1.54, 1.807) is 0 Å². The summed E-state index contributed by atoms with van der Waals surface area (Å²) in [7, 11) is 1.84. The minimum Gasteiger partial charge on any atom is -0.359 e. The third-order valence-electron chi connectivity index (χ3n) is 1.98. The second-order valence-electron chi connectivity index (χ2n) is 2.88. The van der Waals surface area contributed by atoms with Crippen LogP contribution < -0.4 is 5.32 Å². The number of aromatic nitrogens is 2. The highest BCUT2D eigenvalue weighted by molar-refractivity contribution is 9.10. The third-order valence-corrected chi connectivity index (χ3v) is 2.67. The van der Waals surface area contributed by atoms with Gasteiger partial charge in [0, 0.05) is 17.1 Å². The molecule has 2 rings (SSSR count). The molecule has 4 heteroatoms. The number of aromatic amines is 1. The number of benzene rings is 1. The van der Waals surface area contributed by atoms with Crippen molar-refractivity contribution in [2.45, 2.75) is 0 Å². The number of hydrogen-bond donors (Lipinski definition) is 2. The Morgan fingerprint density at radius 2 is 2.14 bits per heavy atom. The van der Waals surface area contributed by atoms with Crippen LogP contribution >= 0.6 is 15.9 Å². The normalized spacial score (nSPS) is 10.1. The largest absolute Gasteiger partial charge is 0.359 e. The maximum atomic E-state index is 4.16. The van der Waals surface area contributed by atoms with Crippen LogP contribution in [0.25, 0.3) is 11.3 Å². The highest BCUT2D eigenvalue weighted by Crippen LogP contribution is 2.26. The van der Waals surface area contributed by atoms with Gasteiger partial charge in [-0.05, 0) is 6.07 Å². The average Bonchev–Trinajstić information content (AvgIpc) is 2.67. The first-order valence-electron chi connectivity index (χ1n) is 4.29. The lowest BCUT2D eigenvalue weighted by Gasteiger charge is -1.99. The quantitative estimate of drug-likeness (QED) is 0.862. The Hall–Kier alpha value is -1.29. The van der Waals surface area contributed by atoms with Gasteiger partial charge in [0.25, 0.3) is 0 Å². The summed E-state index contributed by atoms with van der Waals surface area (Å²) < 4.78 is 1.06. The van der Waals surface area contributed by atoms with E-state index < -0.39 is 0 Å². The molecule has 0 amide bonds. The van der Waals surface area contributed by atoms with Gasteiger partial charge >= 0.3 is 0 Å². The van der Waals surface area contributed by atoms with Crippen molar-refractivity contribution < 1.29 is 0 Å². The van der Waals surface area contributed by atoms with Gasteiger partial charge in [0.2, 0.25) is 0 Å². The topological polar surface area (TPSA) is 40.7 Å². The number of imidazole rings is 1. The first-order chi connectivity index (χ1) is 6.81. The highest BCUT2D eigenvalue weighted by atomic mass is 79.9. The van der Waals surface area contributed by atoms with Gasteiger partial charge in [-0.25, -0.2) is 4.98 Å². The third kappa shape index (κ3) is 1.65. The van der Waals surface area contributed by atoms with E-state index >= 15 is 0 Å². The maximum absolute atomic E-state index is 4.16. The lowest BCUT2D eigenvalue weighted by Crippen LogP contribution is -1.89. The Morgan fingerprint density at radius 3 is 2.79 bits per heavy atom. The Morgan fingerprint density at radius 1 is 1.36 bits per heavy atom. The first-order valence-corrected chi connectivity index (χ1v) is 5.08. The van der Waals surface area contributed by atoms with Crippen LogP contribution in [0.2, 0.25) is 0 Å². The van der Waals surface area contributed by atoms with E-state index in [1.807, 2.05) is 37.5 Å². The molecule has 0 fully saturated rings. The van der Waals surface area contributed by atoms with Gasteiger partial charge in [0.15, 0.2) is 5.95 Å². The van der Waals surface area contributed by atoms with E-state index in [2.05, 4.69) is 31.2 Å². The SMILES string of the molecule is CNc1ncc(-c2ccccc2Br)[nH]1. The van der Waals surface area contributed by atoms with Crippen molar-refractivity contribution in [1.82, 2.24) is 9.97 Å². The molecule has 0 aliphatic rings. The summed E-state index contributed by atoms with van der Waals surface area (Å²) in [6, 6.07) is 8.04. The molecule has 3 nitrogen and oxygen atoms in total. The molecule has 0 aliphatic carbocycles. The zero-order valence-electron chi connectivity index (χ0n) is 7.71. The number of hydrogen-bond acceptors (Lipinski definition) is 2. The summed E-state index contributed by atoms with van der Waals surface area (Å²) in [5.41, 5.74) is 2.11. The Labute approximate surface area is 90.7 Å². The number of rotatable bonds is 2. The van der Waals surface area contributed by atoms with Crippen LogP contribution in [-0.4, -0.2) is 17.0 Å². The van der Waals surface area contributed by atoms with Gasteiger partial charge in [-0.3, -0.25) is 0 Å². The molecule has 1 aromatic heterocycles. The number of nitrogens with one attached hydrogen (secondary N) is 2. The highest BCUT2D eigenvalue weighted by Gasteiger charge is 2.04. The predicted molar refractivity (Wildman–Crippen MR) is 61.3 cm³/mol. The lowest BCUT2D eigenvalue weighted by atomic mass is 10.2. The number of nitrogens with zero attached hydrogens (tertiary/aromatic N) is 1. The zero-order chi connectivity index (χ0) is 9.97. The van der Waals surface area contributed by atoms with E-state index in [9.17, 15) is 0 Å². The van der Waals surface area contributed by atoms with Gasteiger partial charge in [-0.15, -0.1) is 0 Å². The summed E-state index contributed by atoms with van der Waals surface area (Å²) in [5.74, 6) is 0.774. The lowest BCUT2D eigenvalue weighted by molar-refractivity contribution is 1.26. The average molecular weight is 252 g/mol. The second kappa shape index (κ2) is 3.84. The number of H-pyrrole nitrogens is 1. The Kier molecular flexibility index (Phi) is 2.54. The van der Waals surface area contributed by atoms with Crippen LogP contribution in [-0.2, 0) is 0 Å². The first kappa shape index (κ1) is 9.27. The van der Waals surface area contributed by atoms with Crippen LogP contribution in [0.15, 0.2) is 34.9 Å². The van der Waals surface area contributed by atoms with Crippen LogP contribution in [0, 0.1) is 0 Å². The molecule has 0 spiro atoms. The molecule has 1 aromatic carbocycles. The molecule has 2 N–H and O–H groups in total. The van der Waals surface area contributed by atoms with Gasteiger partial charge in [0.05, 0.1) is 11.9 Å². The van der Waals surface area contributed by atoms with Crippen molar-refractivity contribution in [1.29, 1.82) is 0 Å². The fraction of sp³-hybridized carbons (Fsp3) is 0.100. The van der Waals surface area contributed by atoms with Gasteiger partial charge in [0.1, 0.15) is 0 Å². The molecule has 0 saturated heterocycles. The van der Waals surface area contributed by atoms with E-state index in [1.165, 1.54) is 0 Å². The molecule has 0 saturated carbocycles. The number of anilines is 1. The summed E-state index contributed by atoms with van der Waals surface area (Å²) in [6.07, 6.45) is 1.81. The van der Waals surface area contributed by atoms with Crippen LogP contribution in [0.4, 0.5) is 5.95 Å². The summed E-state index contributed by atoms with van der Waals surface area (Å²) >= 11 is 3.50. The van der Waals surface area contributed by atoms with Crippen LogP contribution in [0.5, 0.6) is 0 Å². The van der Waals surface area contributed by atoms with E-state index in [0.717, 1.165) is 21.7 Å². The minimum atomic E-state index is 0.774. The zero-order valence-corrected chi connectivity index (χ0v) is 9.30. The molecule has 0 aliphatic heterocycles. The Balaban J connectivity index is 2.44. The second-order valence-corrected chi connectivity index (χ2v) is 3.73. The molecule has 1 heterocycles. The molecule has 2 aromatic rings. The minimum absolute atomic E-state index is 0.774. The molecule has 0 atom stereocenters. The molecule has 0 bridgehead atoms. The van der Waals surface area contributed by atoms with Crippen molar-refractivity contribution in [3.05, 3.63) is 34.9 Å². The molecular formula is C10H10BrN3. The van der Waals surface area contributed by atoms with E-state index in [4.69, 9.17) is 0 Å². The fourth-order valence-electron chi connectivity index (χ4n) is 1.26. The standard InChI is InChI=1S/C10H10BrN3/c1-12-10-13-6-9(14-10)7-4-2-3-5-8(7)11/h2-6H,1H3,(H2,12,13,14). The molecular weight excluding hydrogens is 242 g/mol.